The van der Waals surface area contributed by atoms with Crippen molar-refractivity contribution in [1.29, 1.82) is 0 Å². The first-order valence-electron chi connectivity index (χ1n) is 6.65. The van der Waals surface area contributed by atoms with Crippen LogP contribution in [0.4, 0.5) is 0 Å². The average Bonchev–Trinajstić information content (AvgIpc) is 2.37. The molecule has 3 heteroatoms. The first kappa shape index (κ1) is 14.7. The predicted molar refractivity (Wildman–Crippen MR) is 73.7 cm³/mol. The van der Waals surface area contributed by atoms with Gasteiger partial charge < -0.3 is 10.4 Å². The van der Waals surface area contributed by atoms with E-state index in [4.69, 9.17) is 5.11 Å². The lowest BCUT2D eigenvalue weighted by Gasteiger charge is -2.10. The van der Waals surface area contributed by atoms with Crippen LogP contribution in [-0.4, -0.2) is 24.2 Å². The van der Waals surface area contributed by atoms with Crippen molar-refractivity contribution in [2.75, 3.05) is 13.1 Å². The summed E-state index contributed by atoms with van der Waals surface area (Å²) in [5, 5.41) is 12.0. The Kier molecular flexibility index (Phi) is 7.11. The highest BCUT2D eigenvalue weighted by molar-refractivity contribution is 5.66. The van der Waals surface area contributed by atoms with E-state index in [9.17, 15) is 4.79 Å². The molecule has 0 aliphatic rings. The number of hydrogen-bond donors (Lipinski definition) is 2. The Bertz CT molecular complexity index is 338. The molecule has 2 N–H and O–H groups in total. The van der Waals surface area contributed by atoms with Crippen LogP contribution in [0.1, 0.15) is 31.7 Å². The number of carbonyl (C=O) groups is 1. The van der Waals surface area contributed by atoms with Gasteiger partial charge in [0.15, 0.2) is 0 Å². The van der Waals surface area contributed by atoms with Crippen LogP contribution in [0.15, 0.2) is 30.3 Å². The second-order valence-electron chi connectivity index (χ2n) is 4.81. The molecule has 0 heterocycles. The van der Waals surface area contributed by atoms with E-state index in [-0.39, 0.29) is 6.42 Å². The highest BCUT2D eigenvalue weighted by atomic mass is 16.4. The third kappa shape index (κ3) is 7.07. The van der Waals surface area contributed by atoms with Crippen molar-refractivity contribution in [3.05, 3.63) is 35.9 Å². The van der Waals surface area contributed by atoms with Crippen molar-refractivity contribution in [2.45, 2.75) is 32.6 Å². The van der Waals surface area contributed by atoms with E-state index < -0.39 is 5.97 Å². The van der Waals surface area contributed by atoms with Gasteiger partial charge in [-0.1, -0.05) is 37.3 Å². The minimum absolute atomic E-state index is 0.283. The number of hydrogen-bond acceptors (Lipinski definition) is 2. The van der Waals surface area contributed by atoms with E-state index in [1.165, 1.54) is 5.56 Å². The van der Waals surface area contributed by atoms with Gasteiger partial charge in [-0.2, -0.15) is 0 Å². The fourth-order valence-electron chi connectivity index (χ4n) is 1.87. The molecule has 0 aromatic heterocycles. The molecule has 0 bridgehead atoms. The molecule has 18 heavy (non-hydrogen) atoms. The zero-order valence-corrected chi connectivity index (χ0v) is 11.1. The third-order valence-corrected chi connectivity index (χ3v) is 3.10. The van der Waals surface area contributed by atoms with Crippen LogP contribution in [0.2, 0.25) is 0 Å². The monoisotopic (exact) mass is 249 g/mol. The first-order chi connectivity index (χ1) is 8.68. The van der Waals surface area contributed by atoms with Crippen molar-refractivity contribution < 1.29 is 9.90 Å². The summed E-state index contributed by atoms with van der Waals surface area (Å²) in [6.45, 7) is 4.06. The van der Waals surface area contributed by atoms with Crippen molar-refractivity contribution in [3.63, 3.8) is 0 Å². The maximum atomic E-state index is 10.4. The Labute approximate surface area is 109 Å². The minimum Gasteiger partial charge on any atom is -0.481 e. The van der Waals surface area contributed by atoms with E-state index in [1.807, 2.05) is 6.07 Å². The van der Waals surface area contributed by atoms with E-state index in [1.54, 1.807) is 0 Å². The summed E-state index contributed by atoms with van der Waals surface area (Å²) in [6, 6.07) is 10.4. The van der Waals surface area contributed by atoms with Gasteiger partial charge >= 0.3 is 5.97 Å². The van der Waals surface area contributed by atoms with Crippen LogP contribution in [0.5, 0.6) is 0 Å². The lowest BCUT2D eigenvalue weighted by molar-refractivity contribution is -0.137. The number of aliphatic carboxylic acids is 1. The maximum Gasteiger partial charge on any atom is 0.303 e. The minimum atomic E-state index is -0.695. The SMILES string of the molecule is CC(CCNCCc1ccccc1)CCC(=O)O. The van der Waals surface area contributed by atoms with E-state index in [0.29, 0.717) is 5.92 Å². The normalized spacial score (nSPS) is 12.3. The summed E-state index contributed by atoms with van der Waals surface area (Å²) in [5.74, 6) is -0.218. The quantitative estimate of drug-likeness (QED) is 0.662. The third-order valence-electron chi connectivity index (χ3n) is 3.10. The van der Waals surface area contributed by atoms with Gasteiger partial charge in [-0.25, -0.2) is 0 Å². The Morgan fingerprint density at radius 1 is 1.22 bits per heavy atom. The molecule has 3 nitrogen and oxygen atoms in total. The van der Waals surface area contributed by atoms with Crippen LogP contribution >= 0.6 is 0 Å². The molecule has 1 aromatic carbocycles. The smallest absolute Gasteiger partial charge is 0.303 e. The van der Waals surface area contributed by atoms with Gasteiger partial charge in [-0.3, -0.25) is 4.79 Å². The Morgan fingerprint density at radius 3 is 2.61 bits per heavy atom. The van der Waals surface area contributed by atoms with Crippen molar-refractivity contribution in [3.8, 4) is 0 Å². The molecule has 0 amide bonds. The zero-order chi connectivity index (χ0) is 13.2. The standard InChI is InChI=1S/C15H23NO2/c1-13(7-8-15(17)18)9-11-16-12-10-14-5-3-2-4-6-14/h2-6,13,16H,7-12H2,1H3,(H,17,18). The van der Waals surface area contributed by atoms with Gasteiger partial charge in [0.1, 0.15) is 0 Å². The Morgan fingerprint density at radius 2 is 1.94 bits per heavy atom. The van der Waals surface area contributed by atoms with Gasteiger partial charge in [-0.15, -0.1) is 0 Å². The van der Waals surface area contributed by atoms with Gasteiger partial charge in [0.2, 0.25) is 0 Å². The summed E-state index contributed by atoms with van der Waals surface area (Å²) >= 11 is 0. The van der Waals surface area contributed by atoms with E-state index in [0.717, 1.165) is 32.4 Å². The highest BCUT2D eigenvalue weighted by Crippen LogP contribution is 2.09. The van der Waals surface area contributed by atoms with Crippen LogP contribution in [0, 0.1) is 5.92 Å². The molecular formula is C15H23NO2. The van der Waals surface area contributed by atoms with Gasteiger partial charge in [-0.05, 0) is 43.8 Å². The lowest BCUT2D eigenvalue weighted by atomic mass is 10.0. The second kappa shape index (κ2) is 8.70. The van der Waals surface area contributed by atoms with E-state index >= 15 is 0 Å². The number of carboxylic acids is 1. The van der Waals surface area contributed by atoms with Crippen LogP contribution in [-0.2, 0) is 11.2 Å². The summed E-state index contributed by atoms with van der Waals surface area (Å²) in [6.07, 6.45) is 3.15. The number of rotatable bonds is 9. The molecule has 0 saturated carbocycles. The van der Waals surface area contributed by atoms with Crippen LogP contribution < -0.4 is 5.32 Å². The summed E-state index contributed by atoms with van der Waals surface area (Å²) in [7, 11) is 0. The Balaban J connectivity index is 2.00. The molecule has 1 rings (SSSR count). The molecule has 0 radical (unpaired) electrons. The van der Waals surface area contributed by atoms with Gasteiger partial charge in [0.25, 0.3) is 0 Å². The number of nitrogens with one attached hydrogen (secondary N) is 1. The summed E-state index contributed by atoms with van der Waals surface area (Å²) < 4.78 is 0. The second-order valence-corrected chi connectivity index (χ2v) is 4.81. The van der Waals surface area contributed by atoms with E-state index in [2.05, 4.69) is 36.5 Å². The van der Waals surface area contributed by atoms with Gasteiger partial charge in [0.05, 0.1) is 0 Å². The largest absolute Gasteiger partial charge is 0.481 e. The van der Waals surface area contributed by atoms with Crippen molar-refractivity contribution >= 4 is 5.97 Å². The van der Waals surface area contributed by atoms with Crippen molar-refractivity contribution in [1.82, 2.24) is 5.32 Å². The maximum absolute atomic E-state index is 10.4. The topological polar surface area (TPSA) is 49.3 Å². The summed E-state index contributed by atoms with van der Waals surface area (Å²) in [4.78, 5) is 10.4. The highest BCUT2D eigenvalue weighted by Gasteiger charge is 2.04. The average molecular weight is 249 g/mol. The molecule has 0 aliphatic heterocycles. The first-order valence-corrected chi connectivity index (χ1v) is 6.65. The molecule has 0 aliphatic carbocycles. The van der Waals surface area contributed by atoms with Crippen LogP contribution in [0.25, 0.3) is 0 Å². The fraction of sp³-hybridized carbons (Fsp3) is 0.533. The number of benzene rings is 1. The predicted octanol–water partition coefficient (Wildman–Crippen LogP) is 2.71. The lowest BCUT2D eigenvalue weighted by Crippen LogP contribution is -2.20. The zero-order valence-electron chi connectivity index (χ0n) is 11.1. The fourth-order valence-corrected chi connectivity index (χ4v) is 1.87. The summed E-state index contributed by atoms with van der Waals surface area (Å²) in [5.41, 5.74) is 1.35. The molecular weight excluding hydrogens is 226 g/mol. The number of carboxylic acid groups (broad SMARTS) is 1. The van der Waals surface area contributed by atoms with Crippen LogP contribution in [0.3, 0.4) is 0 Å². The molecule has 1 unspecified atom stereocenters. The molecule has 0 saturated heterocycles. The molecule has 0 fully saturated rings. The molecule has 1 aromatic rings. The van der Waals surface area contributed by atoms with Gasteiger partial charge in [0, 0.05) is 6.42 Å². The molecule has 0 spiro atoms. The molecule has 100 valence electrons. The molecule has 1 atom stereocenters. The van der Waals surface area contributed by atoms with Crippen molar-refractivity contribution in [2.24, 2.45) is 5.92 Å². The Hall–Kier alpha value is -1.35.